The highest BCUT2D eigenvalue weighted by Crippen LogP contribution is 2.38. The van der Waals surface area contributed by atoms with Gasteiger partial charge in [0.25, 0.3) is 0 Å². The number of Topliss-reactive ketones (excluding diaryl/α,β-unsaturated/α-hetero) is 2. The van der Waals surface area contributed by atoms with Gasteiger partial charge in [-0.15, -0.1) is 0 Å². The normalized spacial score (nSPS) is 24.7. The van der Waals surface area contributed by atoms with Crippen LogP contribution in [-0.4, -0.2) is 22.3 Å². The summed E-state index contributed by atoms with van der Waals surface area (Å²) in [7, 11) is 0. The maximum atomic E-state index is 12.2. The fraction of sp³-hybridized carbons (Fsp3) is 0.529. The monoisotopic (exact) mass is 368 g/mol. The Balaban J connectivity index is 2.12. The molecule has 0 radical (unpaired) electrons. The van der Waals surface area contributed by atoms with Crippen molar-refractivity contribution in [3.8, 4) is 0 Å². The van der Waals surface area contributed by atoms with E-state index in [-0.39, 0.29) is 10.1 Å². The van der Waals surface area contributed by atoms with E-state index >= 15 is 0 Å². The summed E-state index contributed by atoms with van der Waals surface area (Å²) in [5, 5.41) is 10.0. The molecule has 0 spiro atoms. The third kappa shape index (κ3) is 3.25. The molecular formula is C17H21BrO4. The molecule has 1 aliphatic heterocycles. The smallest absolute Gasteiger partial charge is 0.209 e. The first-order valence-electron chi connectivity index (χ1n) is 7.69. The number of ether oxygens (including phenoxy) is 1. The van der Waals surface area contributed by atoms with Gasteiger partial charge in [0.05, 0.1) is 10.1 Å². The average Bonchev–Trinajstić information content (AvgIpc) is 2.51. The first-order chi connectivity index (χ1) is 10.4. The third-order valence-corrected chi connectivity index (χ3v) is 4.80. The molecule has 0 amide bonds. The van der Waals surface area contributed by atoms with Crippen molar-refractivity contribution >= 4 is 27.5 Å². The van der Waals surface area contributed by atoms with Crippen molar-refractivity contribution in [2.24, 2.45) is 0 Å². The lowest BCUT2D eigenvalue weighted by molar-refractivity contribution is -0.144. The number of rotatable bonds is 6. The van der Waals surface area contributed by atoms with Gasteiger partial charge in [0.2, 0.25) is 11.6 Å². The van der Waals surface area contributed by atoms with E-state index in [1.165, 1.54) is 32.4 Å². The van der Waals surface area contributed by atoms with E-state index in [1.807, 2.05) is 0 Å². The predicted octanol–water partition coefficient (Wildman–Crippen LogP) is 3.70. The number of fused-ring (bicyclic) bond motifs is 1. The van der Waals surface area contributed by atoms with Crippen molar-refractivity contribution in [1.82, 2.24) is 0 Å². The molecule has 1 N–H and O–H groups in total. The van der Waals surface area contributed by atoms with Gasteiger partial charge < -0.3 is 9.84 Å². The van der Waals surface area contributed by atoms with Crippen LogP contribution in [0.5, 0.6) is 0 Å². The highest BCUT2D eigenvalue weighted by Gasteiger charge is 2.47. The summed E-state index contributed by atoms with van der Waals surface area (Å²) in [6.45, 7) is 3.39. The van der Waals surface area contributed by atoms with E-state index in [0.717, 1.165) is 25.0 Å². The Morgan fingerprint density at radius 3 is 2.55 bits per heavy atom. The Hall–Kier alpha value is -1.20. The number of hydrogen-bond acceptors (Lipinski definition) is 4. The lowest BCUT2D eigenvalue weighted by Gasteiger charge is -2.29. The SMILES string of the molecule is CCCCCCCC1=CC2=C(Br)C(=O)C(C)(O)C(=O)C2=CO1. The second-order valence-corrected chi connectivity index (χ2v) is 6.68. The van der Waals surface area contributed by atoms with E-state index in [9.17, 15) is 14.7 Å². The first kappa shape index (κ1) is 17.2. The topological polar surface area (TPSA) is 63.6 Å². The minimum atomic E-state index is -2.02. The van der Waals surface area contributed by atoms with Crippen molar-refractivity contribution in [2.75, 3.05) is 0 Å². The van der Waals surface area contributed by atoms with Crippen LogP contribution >= 0.6 is 15.9 Å². The summed E-state index contributed by atoms with van der Waals surface area (Å²) >= 11 is 3.21. The maximum absolute atomic E-state index is 12.2. The molecule has 2 rings (SSSR count). The Kier molecular flexibility index (Phi) is 5.40. The van der Waals surface area contributed by atoms with Crippen LogP contribution in [0.1, 0.15) is 52.4 Å². The largest absolute Gasteiger partial charge is 0.469 e. The zero-order chi connectivity index (χ0) is 16.3. The minimum Gasteiger partial charge on any atom is -0.469 e. The van der Waals surface area contributed by atoms with Gasteiger partial charge in [0, 0.05) is 12.0 Å². The van der Waals surface area contributed by atoms with E-state index in [1.54, 1.807) is 6.08 Å². The number of ketones is 2. The molecule has 0 saturated heterocycles. The van der Waals surface area contributed by atoms with Crippen molar-refractivity contribution in [3.05, 3.63) is 33.7 Å². The molecule has 1 unspecified atom stereocenters. The van der Waals surface area contributed by atoms with E-state index in [0.29, 0.717) is 5.57 Å². The van der Waals surface area contributed by atoms with Gasteiger partial charge in [-0.25, -0.2) is 0 Å². The summed E-state index contributed by atoms with van der Waals surface area (Å²) in [5.41, 5.74) is -1.27. The van der Waals surface area contributed by atoms with Crippen LogP contribution in [0, 0.1) is 0 Å². The van der Waals surface area contributed by atoms with Crippen molar-refractivity contribution in [2.45, 2.75) is 58.0 Å². The molecule has 4 nitrogen and oxygen atoms in total. The second-order valence-electron chi connectivity index (χ2n) is 5.88. The summed E-state index contributed by atoms with van der Waals surface area (Å²) in [6.07, 6.45) is 9.64. The van der Waals surface area contributed by atoms with Gasteiger partial charge in [-0.05, 0) is 35.4 Å². The molecule has 22 heavy (non-hydrogen) atoms. The van der Waals surface area contributed by atoms with Gasteiger partial charge in [0.1, 0.15) is 12.0 Å². The molecular weight excluding hydrogens is 348 g/mol. The highest BCUT2D eigenvalue weighted by atomic mass is 79.9. The van der Waals surface area contributed by atoms with Gasteiger partial charge >= 0.3 is 0 Å². The highest BCUT2D eigenvalue weighted by molar-refractivity contribution is 9.12. The number of hydrogen-bond donors (Lipinski definition) is 1. The molecule has 0 aromatic heterocycles. The number of halogens is 1. The quantitative estimate of drug-likeness (QED) is 0.573. The number of aliphatic hydroxyl groups is 1. The zero-order valence-corrected chi connectivity index (χ0v) is 14.5. The molecule has 120 valence electrons. The lowest BCUT2D eigenvalue weighted by Crippen LogP contribution is -2.48. The summed E-state index contributed by atoms with van der Waals surface area (Å²) in [6, 6.07) is 0. The molecule has 0 bridgehead atoms. The molecule has 0 saturated carbocycles. The van der Waals surface area contributed by atoms with Crippen LogP contribution in [0.15, 0.2) is 33.7 Å². The predicted molar refractivity (Wildman–Crippen MR) is 87.2 cm³/mol. The molecule has 0 aromatic rings. The zero-order valence-electron chi connectivity index (χ0n) is 12.9. The lowest BCUT2D eigenvalue weighted by atomic mass is 9.80. The Morgan fingerprint density at radius 2 is 1.86 bits per heavy atom. The van der Waals surface area contributed by atoms with Crippen LogP contribution in [0.25, 0.3) is 0 Å². The minimum absolute atomic E-state index is 0.232. The van der Waals surface area contributed by atoms with Crippen LogP contribution in [0.2, 0.25) is 0 Å². The fourth-order valence-electron chi connectivity index (χ4n) is 2.56. The first-order valence-corrected chi connectivity index (χ1v) is 8.48. The number of carbonyl (C=O) groups excluding carboxylic acids is 2. The summed E-state index contributed by atoms with van der Waals surface area (Å²) in [4.78, 5) is 24.3. The average molecular weight is 369 g/mol. The maximum Gasteiger partial charge on any atom is 0.209 e. The van der Waals surface area contributed by atoms with Crippen molar-refractivity contribution in [1.29, 1.82) is 0 Å². The van der Waals surface area contributed by atoms with Gasteiger partial charge in [0.15, 0.2) is 5.60 Å². The van der Waals surface area contributed by atoms with E-state index < -0.39 is 17.2 Å². The van der Waals surface area contributed by atoms with Crippen LogP contribution < -0.4 is 0 Å². The number of carbonyl (C=O) groups is 2. The third-order valence-electron chi connectivity index (χ3n) is 4.02. The molecule has 2 aliphatic rings. The number of unbranched alkanes of at least 4 members (excludes halogenated alkanes) is 4. The Labute approximate surface area is 139 Å². The molecule has 1 atom stereocenters. The van der Waals surface area contributed by atoms with Gasteiger partial charge in [-0.3, -0.25) is 9.59 Å². The van der Waals surface area contributed by atoms with E-state index in [4.69, 9.17) is 4.74 Å². The fourth-order valence-corrected chi connectivity index (χ4v) is 3.28. The van der Waals surface area contributed by atoms with Gasteiger partial charge in [-0.1, -0.05) is 32.6 Å². The van der Waals surface area contributed by atoms with E-state index in [2.05, 4.69) is 22.9 Å². The molecule has 1 heterocycles. The Bertz CT molecular complexity index is 581. The van der Waals surface area contributed by atoms with Gasteiger partial charge in [-0.2, -0.15) is 0 Å². The summed E-state index contributed by atoms with van der Waals surface area (Å²) in [5.74, 6) is -0.478. The van der Waals surface area contributed by atoms with Crippen LogP contribution in [0.4, 0.5) is 0 Å². The number of allylic oxidation sites excluding steroid dienone is 3. The van der Waals surface area contributed by atoms with Crippen LogP contribution in [0.3, 0.4) is 0 Å². The van der Waals surface area contributed by atoms with Crippen molar-refractivity contribution < 1.29 is 19.4 Å². The second kappa shape index (κ2) is 6.92. The molecule has 0 fully saturated rings. The Morgan fingerprint density at radius 1 is 1.18 bits per heavy atom. The van der Waals surface area contributed by atoms with Crippen molar-refractivity contribution in [3.63, 3.8) is 0 Å². The standard InChI is InChI=1S/C17H21BrO4/c1-3-4-5-6-7-8-11-9-12-13(10-22-11)15(19)17(2,21)16(20)14(12)18/h9-10,21H,3-8H2,1-2H3. The summed E-state index contributed by atoms with van der Waals surface area (Å²) < 4.78 is 5.73. The van der Waals surface area contributed by atoms with Crippen LogP contribution in [-0.2, 0) is 14.3 Å². The molecule has 0 aromatic carbocycles. The molecule has 1 aliphatic carbocycles. The molecule has 5 heteroatoms.